The molecule has 1 aromatic carbocycles. The van der Waals surface area contributed by atoms with Gasteiger partial charge >= 0.3 is 0 Å². The van der Waals surface area contributed by atoms with Gasteiger partial charge in [0.05, 0.1) is 12.7 Å². The van der Waals surface area contributed by atoms with E-state index in [2.05, 4.69) is 15.5 Å². The van der Waals surface area contributed by atoms with Crippen molar-refractivity contribution in [1.82, 2.24) is 19.6 Å². The molecular weight excluding hydrogens is 345 g/mol. The van der Waals surface area contributed by atoms with E-state index in [1.807, 2.05) is 13.1 Å². The molecule has 1 N–H and O–H groups in total. The molecule has 3 rings (SSSR count). The molecule has 0 saturated heterocycles. The third kappa shape index (κ3) is 4.45. The molecule has 25 heavy (non-hydrogen) atoms. The predicted molar refractivity (Wildman–Crippen MR) is 92.9 cm³/mol. The summed E-state index contributed by atoms with van der Waals surface area (Å²) in [5.41, 5.74) is 1.53. The lowest BCUT2D eigenvalue weighted by molar-refractivity contribution is -0.116. The molecule has 0 saturated carbocycles. The van der Waals surface area contributed by atoms with Gasteiger partial charge in [0.1, 0.15) is 10.8 Å². The Balaban J connectivity index is 1.60. The first-order valence-corrected chi connectivity index (χ1v) is 8.14. The second-order valence-corrected chi connectivity index (χ2v) is 6.10. The van der Waals surface area contributed by atoms with Crippen LogP contribution in [0.5, 0.6) is 0 Å². The van der Waals surface area contributed by atoms with E-state index in [-0.39, 0.29) is 30.5 Å². The summed E-state index contributed by atoms with van der Waals surface area (Å²) in [6.45, 7) is 2.63. The lowest BCUT2D eigenvalue weighted by atomic mass is 10.2. The van der Waals surface area contributed by atoms with Gasteiger partial charge in [-0.15, -0.1) is 0 Å². The summed E-state index contributed by atoms with van der Waals surface area (Å²) in [5, 5.41) is 11.3. The second kappa shape index (κ2) is 7.48. The number of amides is 1. The molecule has 1 amide bonds. The Hall–Kier alpha value is -2.67. The standard InChI is InChI=1S/C17H17ClFN5O/c1-12-8-20-23(9-12)7-6-16(25)21-17-14(18)11-24(22-17)10-13-4-2-3-5-15(13)19/h2-5,8-9,11H,6-7,10H2,1H3,(H,21,22,25). The zero-order valence-corrected chi connectivity index (χ0v) is 14.4. The number of hydrogen-bond acceptors (Lipinski definition) is 3. The topological polar surface area (TPSA) is 64.7 Å². The van der Waals surface area contributed by atoms with Crippen molar-refractivity contribution in [3.8, 4) is 0 Å². The molecule has 2 heterocycles. The average molecular weight is 362 g/mol. The average Bonchev–Trinajstić information content (AvgIpc) is 3.14. The monoisotopic (exact) mass is 361 g/mol. The van der Waals surface area contributed by atoms with E-state index in [4.69, 9.17) is 11.6 Å². The first-order valence-electron chi connectivity index (χ1n) is 7.76. The normalized spacial score (nSPS) is 10.8. The number of rotatable bonds is 6. The van der Waals surface area contributed by atoms with E-state index >= 15 is 0 Å². The third-order valence-corrected chi connectivity index (χ3v) is 3.87. The Morgan fingerprint density at radius 3 is 2.80 bits per heavy atom. The van der Waals surface area contributed by atoms with Gasteiger partial charge in [0, 0.05) is 30.9 Å². The summed E-state index contributed by atoms with van der Waals surface area (Å²) in [5.74, 6) is -0.264. The summed E-state index contributed by atoms with van der Waals surface area (Å²) < 4.78 is 16.9. The highest BCUT2D eigenvalue weighted by Gasteiger charge is 2.12. The fourth-order valence-electron chi connectivity index (χ4n) is 2.36. The largest absolute Gasteiger partial charge is 0.308 e. The van der Waals surface area contributed by atoms with E-state index in [0.29, 0.717) is 17.1 Å². The number of aryl methyl sites for hydroxylation is 2. The number of hydrogen-bond donors (Lipinski definition) is 1. The molecule has 0 aliphatic rings. The van der Waals surface area contributed by atoms with Crippen LogP contribution in [0.4, 0.5) is 10.2 Å². The van der Waals surface area contributed by atoms with Gasteiger partial charge in [-0.05, 0) is 18.6 Å². The molecular formula is C17H17ClFN5O. The maximum atomic E-state index is 13.7. The molecule has 0 bridgehead atoms. The van der Waals surface area contributed by atoms with Crippen molar-refractivity contribution < 1.29 is 9.18 Å². The Morgan fingerprint density at radius 2 is 2.08 bits per heavy atom. The molecule has 0 radical (unpaired) electrons. The Morgan fingerprint density at radius 1 is 1.28 bits per heavy atom. The molecule has 6 nitrogen and oxygen atoms in total. The van der Waals surface area contributed by atoms with Crippen LogP contribution in [0, 0.1) is 12.7 Å². The van der Waals surface area contributed by atoms with Gasteiger partial charge < -0.3 is 5.32 Å². The molecule has 0 fully saturated rings. The molecule has 8 heteroatoms. The van der Waals surface area contributed by atoms with E-state index in [9.17, 15) is 9.18 Å². The molecule has 2 aromatic heterocycles. The summed E-state index contributed by atoms with van der Waals surface area (Å²) >= 11 is 6.11. The molecule has 0 aliphatic carbocycles. The first-order chi connectivity index (χ1) is 12.0. The second-order valence-electron chi connectivity index (χ2n) is 5.69. The highest BCUT2D eigenvalue weighted by Crippen LogP contribution is 2.20. The van der Waals surface area contributed by atoms with Gasteiger partial charge in [-0.3, -0.25) is 14.2 Å². The minimum atomic E-state index is -0.311. The molecule has 0 spiro atoms. The number of halogens is 2. The van der Waals surface area contributed by atoms with Crippen LogP contribution in [-0.4, -0.2) is 25.5 Å². The number of benzene rings is 1. The lowest BCUT2D eigenvalue weighted by Crippen LogP contribution is -2.15. The van der Waals surface area contributed by atoms with Crippen LogP contribution >= 0.6 is 11.6 Å². The van der Waals surface area contributed by atoms with Crippen molar-refractivity contribution in [2.75, 3.05) is 5.32 Å². The van der Waals surface area contributed by atoms with Gasteiger partial charge in [-0.1, -0.05) is 29.8 Å². The highest BCUT2D eigenvalue weighted by molar-refractivity contribution is 6.33. The zero-order valence-electron chi connectivity index (χ0n) is 13.6. The van der Waals surface area contributed by atoms with Crippen molar-refractivity contribution in [1.29, 1.82) is 0 Å². The lowest BCUT2D eigenvalue weighted by Gasteiger charge is -2.04. The van der Waals surface area contributed by atoms with Gasteiger partial charge in [-0.25, -0.2) is 4.39 Å². The van der Waals surface area contributed by atoms with Crippen molar-refractivity contribution in [3.05, 3.63) is 64.8 Å². The van der Waals surface area contributed by atoms with Crippen LogP contribution in [0.1, 0.15) is 17.5 Å². The van der Waals surface area contributed by atoms with Gasteiger partial charge in [0.15, 0.2) is 5.82 Å². The number of aromatic nitrogens is 4. The van der Waals surface area contributed by atoms with Gasteiger partial charge in [0.25, 0.3) is 0 Å². The van der Waals surface area contributed by atoms with Crippen molar-refractivity contribution >= 4 is 23.3 Å². The van der Waals surface area contributed by atoms with Crippen LogP contribution in [0.15, 0.2) is 42.9 Å². The molecule has 3 aromatic rings. The number of nitrogens with zero attached hydrogens (tertiary/aromatic N) is 4. The maximum absolute atomic E-state index is 13.7. The summed E-state index contributed by atoms with van der Waals surface area (Å²) in [6, 6.07) is 6.44. The van der Waals surface area contributed by atoms with Crippen LogP contribution in [0.2, 0.25) is 5.02 Å². The molecule has 0 unspecified atom stereocenters. The smallest absolute Gasteiger partial charge is 0.227 e. The van der Waals surface area contributed by atoms with E-state index in [1.165, 1.54) is 10.7 Å². The van der Waals surface area contributed by atoms with Crippen LogP contribution < -0.4 is 5.32 Å². The third-order valence-electron chi connectivity index (χ3n) is 3.60. The summed E-state index contributed by atoms with van der Waals surface area (Å²) in [7, 11) is 0. The van der Waals surface area contributed by atoms with Crippen molar-refractivity contribution in [3.63, 3.8) is 0 Å². The number of carbonyl (C=O) groups excluding carboxylic acids is 1. The van der Waals surface area contributed by atoms with E-state index < -0.39 is 0 Å². The fraction of sp³-hybridized carbons (Fsp3) is 0.235. The minimum Gasteiger partial charge on any atom is -0.308 e. The molecule has 0 atom stereocenters. The predicted octanol–water partition coefficient (Wildman–Crippen LogP) is 3.26. The maximum Gasteiger partial charge on any atom is 0.227 e. The number of carbonyl (C=O) groups is 1. The van der Waals surface area contributed by atoms with Crippen molar-refractivity contribution in [2.24, 2.45) is 0 Å². The summed E-state index contributed by atoms with van der Waals surface area (Å²) in [4.78, 5) is 12.0. The Kier molecular flexibility index (Phi) is 5.14. The minimum absolute atomic E-state index is 0.216. The van der Waals surface area contributed by atoms with E-state index in [0.717, 1.165) is 5.56 Å². The fourth-order valence-corrected chi connectivity index (χ4v) is 2.56. The zero-order chi connectivity index (χ0) is 17.8. The molecule has 0 aliphatic heterocycles. The van der Waals surface area contributed by atoms with Crippen LogP contribution in [0.25, 0.3) is 0 Å². The number of nitrogens with one attached hydrogen (secondary N) is 1. The van der Waals surface area contributed by atoms with Gasteiger partial charge in [-0.2, -0.15) is 10.2 Å². The first kappa shape index (κ1) is 17.2. The van der Waals surface area contributed by atoms with E-state index in [1.54, 1.807) is 35.3 Å². The number of anilines is 1. The highest BCUT2D eigenvalue weighted by atomic mass is 35.5. The van der Waals surface area contributed by atoms with Crippen LogP contribution in [-0.2, 0) is 17.9 Å². The Bertz CT molecular complexity index is 889. The van der Waals surface area contributed by atoms with Crippen molar-refractivity contribution in [2.45, 2.75) is 26.4 Å². The SMILES string of the molecule is Cc1cnn(CCC(=O)Nc2nn(Cc3ccccc3F)cc2Cl)c1. The van der Waals surface area contributed by atoms with Crippen LogP contribution in [0.3, 0.4) is 0 Å². The Labute approximate surface area is 149 Å². The quantitative estimate of drug-likeness (QED) is 0.733. The summed E-state index contributed by atoms with van der Waals surface area (Å²) in [6.07, 6.45) is 5.40. The van der Waals surface area contributed by atoms with Gasteiger partial charge in [0.2, 0.25) is 5.91 Å². The molecule has 130 valence electrons.